The Labute approximate surface area is 231 Å². The molecule has 0 aromatic carbocycles. The monoisotopic (exact) mass is 830 g/mol. The van der Waals surface area contributed by atoms with Crippen molar-refractivity contribution in [3.8, 4) is 0 Å². The Morgan fingerprint density at radius 2 is 0.477 bits per heavy atom. The SMILES string of the molecule is C[CH]([Sn](=[O])[CH](C)C(F)(F)C(F)(F)C(F)(F)C(F)(F)C(F)(F)C(F)(F)F)C(F)(F)C(F)(F)C(F)(F)C(F)(F)C(F)(F)C(F)(F)F. The van der Waals surface area contributed by atoms with Gasteiger partial charge in [0.2, 0.25) is 0 Å². The van der Waals surface area contributed by atoms with Crippen molar-refractivity contribution >= 4 is 19.7 Å². The molecule has 2 unspecified atom stereocenters. The Morgan fingerprint density at radius 3 is 0.636 bits per heavy atom. The number of alkyl halides is 26. The van der Waals surface area contributed by atoms with E-state index in [2.05, 4.69) is 0 Å². The molecule has 0 spiro atoms. The maximum absolute atomic E-state index is 14.1. The fourth-order valence-electron chi connectivity index (χ4n) is 2.84. The topological polar surface area (TPSA) is 17.1 Å². The normalized spacial score (nSPS) is 17.9. The first-order valence-corrected chi connectivity index (χ1v) is 14.4. The predicted molar refractivity (Wildman–Crippen MR) is 86.9 cm³/mol. The number of hydrogen-bond donors (Lipinski definition) is 0. The summed E-state index contributed by atoms with van der Waals surface area (Å²) < 4.78 is 346. The molecule has 0 aliphatic carbocycles. The zero-order valence-corrected chi connectivity index (χ0v) is 22.7. The van der Waals surface area contributed by atoms with Crippen LogP contribution >= 0.6 is 0 Å². The standard InChI is InChI=1S/2C8H4F13.O.Sn/c2*1-2-3(9,10)4(11,12)5(13,14)6(15,16)7(17,18)8(19,20)21;;/h2*2H,1H3;;. The Balaban J connectivity index is 6.95. The van der Waals surface area contributed by atoms with E-state index in [0.717, 1.165) is 0 Å². The molecule has 44 heavy (non-hydrogen) atoms. The molecule has 0 aromatic rings. The summed E-state index contributed by atoms with van der Waals surface area (Å²) in [6, 6.07) is 0. The molecule has 0 saturated carbocycles. The third-order valence-electron chi connectivity index (χ3n) is 5.86. The summed E-state index contributed by atoms with van der Waals surface area (Å²) >= 11 is -7.68. The van der Waals surface area contributed by atoms with Crippen LogP contribution in [0.5, 0.6) is 0 Å². The van der Waals surface area contributed by atoms with Gasteiger partial charge in [0.1, 0.15) is 0 Å². The van der Waals surface area contributed by atoms with Gasteiger partial charge in [-0.05, 0) is 0 Å². The summed E-state index contributed by atoms with van der Waals surface area (Å²) in [7, 11) is 0. The Kier molecular flexibility index (Phi) is 10.6. The second-order valence-corrected chi connectivity index (χ2v) is 15.9. The molecule has 0 N–H and O–H groups in total. The van der Waals surface area contributed by atoms with Crippen LogP contribution in [-0.2, 0) is 3.08 Å². The van der Waals surface area contributed by atoms with Crippen molar-refractivity contribution < 1.29 is 117 Å². The van der Waals surface area contributed by atoms with Crippen LogP contribution < -0.4 is 0 Å². The van der Waals surface area contributed by atoms with Gasteiger partial charge >= 0.3 is 230 Å². The van der Waals surface area contributed by atoms with Gasteiger partial charge in [-0.25, -0.2) is 0 Å². The first-order valence-electron chi connectivity index (χ1n) is 9.93. The molecule has 264 valence electrons. The average Bonchev–Trinajstić information content (AvgIpc) is 2.79. The van der Waals surface area contributed by atoms with E-state index in [1.807, 2.05) is 0 Å². The molecule has 0 aliphatic heterocycles. The van der Waals surface area contributed by atoms with Crippen LogP contribution in [0, 0.1) is 0 Å². The molecule has 28 heteroatoms. The van der Waals surface area contributed by atoms with Crippen molar-refractivity contribution in [2.24, 2.45) is 0 Å². The first kappa shape index (κ1) is 42.8. The fourth-order valence-corrected chi connectivity index (χ4v) is 8.05. The molecule has 0 heterocycles. The first-order chi connectivity index (χ1) is 18.5. The molecule has 0 amide bonds. The van der Waals surface area contributed by atoms with E-state index in [0.29, 0.717) is 0 Å². The van der Waals surface area contributed by atoms with Gasteiger partial charge in [-0.15, -0.1) is 0 Å². The van der Waals surface area contributed by atoms with Gasteiger partial charge in [0.05, 0.1) is 0 Å². The van der Waals surface area contributed by atoms with Crippen LogP contribution in [0.4, 0.5) is 114 Å². The van der Waals surface area contributed by atoms with Crippen LogP contribution in [0.2, 0.25) is 7.87 Å². The van der Waals surface area contributed by atoms with Gasteiger partial charge in [-0.3, -0.25) is 0 Å². The number of rotatable bonds is 12. The second-order valence-electron chi connectivity index (χ2n) is 8.68. The van der Waals surface area contributed by atoms with E-state index >= 15 is 0 Å². The van der Waals surface area contributed by atoms with E-state index < -0.39 is 113 Å². The number of hydrogen-bond acceptors (Lipinski definition) is 1. The third-order valence-corrected chi connectivity index (χ3v) is 12.8. The molecule has 0 aliphatic rings. The number of halogens is 26. The zero-order chi connectivity index (χ0) is 36.7. The third kappa shape index (κ3) is 5.45. The van der Waals surface area contributed by atoms with Gasteiger partial charge in [0.25, 0.3) is 0 Å². The quantitative estimate of drug-likeness (QED) is 0.142. The Bertz CT molecular complexity index is 983. The van der Waals surface area contributed by atoms with E-state index in [4.69, 9.17) is 0 Å². The molecule has 0 rings (SSSR count). The molecular weight excluding hydrogens is 821 g/mol. The molecule has 0 aromatic heterocycles. The molecule has 0 saturated heterocycles. The van der Waals surface area contributed by atoms with Gasteiger partial charge in [-0.2, -0.15) is 0 Å². The Hall–Kier alpha value is -1.22. The van der Waals surface area contributed by atoms with Crippen molar-refractivity contribution in [2.45, 2.75) is 93.3 Å². The summed E-state index contributed by atoms with van der Waals surface area (Å²) in [5.41, 5.74) is 0. The Morgan fingerprint density at radius 1 is 0.318 bits per heavy atom. The maximum atomic E-state index is 14.1. The van der Waals surface area contributed by atoms with Gasteiger partial charge < -0.3 is 0 Å². The van der Waals surface area contributed by atoms with Crippen molar-refractivity contribution in [3.63, 3.8) is 0 Å². The van der Waals surface area contributed by atoms with Crippen molar-refractivity contribution in [1.29, 1.82) is 0 Å². The average molecular weight is 829 g/mol. The molecule has 0 radical (unpaired) electrons. The van der Waals surface area contributed by atoms with Gasteiger partial charge in [0.15, 0.2) is 0 Å². The second kappa shape index (κ2) is 10.9. The zero-order valence-electron chi connectivity index (χ0n) is 19.9. The molecular formula is C16H8F26OSn. The summed E-state index contributed by atoms with van der Waals surface area (Å²) in [4.78, 5) is 0. The van der Waals surface area contributed by atoms with Crippen LogP contribution in [0.15, 0.2) is 0 Å². The summed E-state index contributed by atoms with van der Waals surface area (Å²) in [5.74, 6) is -83.0. The minimum absolute atomic E-state index is 1.04. The van der Waals surface area contributed by atoms with E-state index in [-0.39, 0.29) is 0 Å². The van der Waals surface area contributed by atoms with Gasteiger partial charge in [-0.1, -0.05) is 0 Å². The van der Waals surface area contributed by atoms with E-state index in [1.165, 1.54) is 0 Å². The fraction of sp³-hybridized carbons (Fsp3) is 1.00. The van der Waals surface area contributed by atoms with Crippen LogP contribution in [0.3, 0.4) is 0 Å². The molecule has 2 atom stereocenters. The van der Waals surface area contributed by atoms with Crippen LogP contribution in [0.25, 0.3) is 0 Å². The molecule has 0 fully saturated rings. The summed E-state index contributed by atoms with van der Waals surface area (Å²) in [5, 5.41) is 0. The summed E-state index contributed by atoms with van der Waals surface area (Å²) in [6.07, 6.45) is -15.8. The van der Waals surface area contributed by atoms with Gasteiger partial charge in [0, 0.05) is 0 Å². The molecule has 0 bridgehead atoms. The van der Waals surface area contributed by atoms with E-state index in [1.54, 1.807) is 0 Å². The predicted octanol–water partition coefficient (Wildman–Crippen LogP) is 9.67. The van der Waals surface area contributed by atoms with E-state index in [9.17, 15) is 117 Å². The van der Waals surface area contributed by atoms with Crippen molar-refractivity contribution in [1.82, 2.24) is 0 Å². The van der Waals surface area contributed by atoms with Crippen LogP contribution in [0.1, 0.15) is 13.8 Å². The minimum atomic E-state index is -8.64. The van der Waals surface area contributed by atoms with Crippen molar-refractivity contribution in [3.05, 3.63) is 0 Å². The van der Waals surface area contributed by atoms with Crippen LogP contribution in [-0.4, -0.2) is 91.3 Å². The van der Waals surface area contributed by atoms with Crippen molar-refractivity contribution in [2.75, 3.05) is 0 Å². The molecule has 1 nitrogen and oxygen atoms in total. The summed E-state index contributed by atoms with van der Waals surface area (Å²) in [6.45, 7) is -2.08.